The number of hydrogen-bond acceptors (Lipinski definition) is 5. The van der Waals surface area contributed by atoms with Crippen LogP contribution in [0.4, 0.5) is 15.4 Å². The van der Waals surface area contributed by atoms with Gasteiger partial charge in [-0.1, -0.05) is 37.9 Å². The quantitative estimate of drug-likeness (QED) is 0.681. The lowest BCUT2D eigenvalue weighted by Gasteiger charge is -2.33. The molecule has 1 aliphatic heterocycles. The van der Waals surface area contributed by atoms with E-state index in [-0.39, 0.29) is 22.8 Å². The Morgan fingerprint density at radius 2 is 1.90 bits per heavy atom. The molecule has 2 rings (SSSR count). The highest BCUT2D eigenvalue weighted by atomic mass is 35.5. The van der Waals surface area contributed by atoms with E-state index in [1.807, 2.05) is 13.8 Å². The lowest BCUT2D eigenvalue weighted by molar-refractivity contribution is -0.143. The molecule has 1 fully saturated rings. The zero-order valence-corrected chi connectivity index (χ0v) is 18.8. The fraction of sp³-hybridized carbons (Fsp3) is 0.600. The smallest absolute Gasteiger partial charge is 0.408 e. The summed E-state index contributed by atoms with van der Waals surface area (Å²) in [5.74, 6) is -0.218. The second-order valence-corrected chi connectivity index (χ2v) is 8.61. The average molecular weight is 440 g/mol. The maximum absolute atomic E-state index is 13.3. The lowest BCUT2D eigenvalue weighted by Crippen LogP contribution is -2.56. The Labute approximate surface area is 182 Å². The summed E-state index contributed by atoms with van der Waals surface area (Å²) in [6.07, 6.45) is 0.625. The van der Waals surface area contributed by atoms with Gasteiger partial charge >= 0.3 is 12.1 Å². The molecule has 1 aromatic heterocycles. The number of carbonyl (C=O) groups is 3. The zero-order valence-electron chi connectivity index (χ0n) is 18.1. The van der Waals surface area contributed by atoms with E-state index < -0.39 is 23.8 Å². The number of aromatic nitrogens is 1. The molecule has 1 aromatic rings. The molecule has 2 N–H and O–H groups in total. The summed E-state index contributed by atoms with van der Waals surface area (Å²) in [5, 5.41) is 8.28. The van der Waals surface area contributed by atoms with E-state index in [1.165, 1.54) is 10.0 Å². The summed E-state index contributed by atoms with van der Waals surface area (Å²) in [6, 6.07) is 3.57. The molecule has 2 unspecified atom stereocenters. The average Bonchev–Trinajstić information content (AvgIpc) is 3.13. The first-order valence-electron chi connectivity index (χ1n) is 10.0. The Bertz CT molecular complexity index is 783. The van der Waals surface area contributed by atoms with Gasteiger partial charge in [0.25, 0.3) is 5.91 Å². The Balaban J connectivity index is 2.13. The van der Waals surface area contributed by atoms with Crippen LogP contribution in [0, 0.1) is 5.92 Å². The summed E-state index contributed by atoms with van der Waals surface area (Å²) >= 11 is 5.86. The molecule has 1 saturated heterocycles. The van der Waals surface area contributed by atoms with E-state index in [0.29, 0.717) is 25.9 Å². The molecule has 30 heavy (non-hydrogen) atoms. The Morgan fingerprint density at radius 1 is 1.23 bits per heavy atom. The minimum Gasteiger partial charge on any atom is -0.444 e. The molecule has 9 nitrogen and oxygen atoms in total. The predicted octanol–water partition coefficient (Wildman–Crippen LogP) is 3.66. The molecular formula is C20H30ClN5O4. The van der Waals surface area contributed by atoms with Crippen LogP contribution in [0.15, 0.2) is 18.2 Å². The number of anilines is 1. The molecule has 1 aliphatic rings. The molecule has 0 saturated carbocycles. The number of ether oxygens (including phenoxy) is 1. The van der Waals surface area contributed by atoms with Gasteiger partial charge in [0.2, 0.25) is 0 Å². The zero-order chi connectivity index (χ0) is 22.5. The van der Waals surface area contributed by atoms with Crippen molar-refractivity contribution in [2.75, 3.05) is 18.4 Å². The molecule has 0 aromatic carbocycles. The van der Waals surface area contributed by atoms with E-state index in [1.54, 1.807) is 39.0 Å². The van der Waals surface area contributed by atoms with Crippen LogP contribution < -0.4 is 10.6 Å². The highest BCUT2D eigenvalue weighted by molar-refractivity contribution is 6.29. The Hall–Kier alpha value is -2.55. The number of halogens is 1. The van der Waals surface area contributed by atoms with E-state index >= 15 is 0 Å². The molecule has 2 atom stereocenters. The van der Waals surface area contributed by atoms with E-state index in [2.05, 4.69) is 15.6 Å². The first-order valence-corrected chi connectivity index (χ1v) is 10.4. The maximum Gasteiger partial charge on any atom is 0.408 e. The number of pyridine rings is 1. The van der Waals surface area contributed by atoms with Crippen molar-refractivity contribution >= 4 is 35.5 Å². The van der Waals surface area contributed by atoms with Crippen molar-refractivity contribution in [1.82, 2.24) is 20.3 Å². The standard InChI is InChI=1S/C20H30ClN5O4/c1-6-13(2)16(24-19(29)30-20(3,4)5)17(27)25-11-8-12-26(25)18(28)23-15-10-7-9-14(21)22-15/h7,9-10,13,16H,6,8,11-12H2,1-5H3,(H,24,29)(H,22,23,28). The van der Waals surface area contributed by atoms with Crippen molar-refractivity contribution in [3.8, 4) is 0 Å². The molecular weight excluding hydrogens is 410 g/mol. The number of urea groups is 1. The number of amides is 4. The third kappa shape index (κ3) is 6.48. The number of hydrazine groups is 1. The Morgan fingerprint density at radius 3 is 2.50 bits per heavy atom. The third-order valence-electron chi connectivity index (χ3n) is 4.62. The van der Waals surface area contributed by atoms with E-state index in [0.717, 1.165) is 0 Å². The van der Waals surface area contributed by atoms with Crippen LogP contribution in [0.25, 0.3) is 0 Å². The number of nitrogens with zero attached hydrogens (tertiary/aromatic N) is 3. The summed E-state index contributed by atoms with van der Waals surface area (Å²) in [4.78, 5) is 42.3. The molecule has 0 radical (unpaired) electrons. The lowest BCUT2D eigenvalue weighted by atomic mass is 9.98. The number of hydrogen-bond donors (Lipinski definition) is 2. The molecule has 2 heterocycles. The van der Waals surface area contributed by atoms with Crippen LogP contribution in [0.3, 0.4) is 0 Å². The highest BCUT2D eigenvalue weighted by Crippen LogP contribution is 2.19. The van der Waals surface area contributed by atoms with Crippen LogP contribution in [0.2, 0.25) is 5.15 Å². The molecule has 166 valence electrons. The van der Waals surface area contributed by atoms with Crippen LogP contribution in [-0.4, -0.2) is 57.8 Å². The van der Waals surface area contributed by atoms with Gasteiger partial charge in [0.15, 0.2) is 0 Å². The minimum absolute atomic E-state index is 0.148. The van der Waals surface area contributed by atoms with Gasteiger partial charge in [0.05, 0.1) is 0 Å². The SMILES string of the molecule is CCC(C)C(NC(=O)OC(C)(C)C)C(=O)N1CCCN1C(=O)Nc1cccc(Cl)n1. The van der Waals surface area contributed by atoms with Gasteiger partial charge in [-0.2, -0.15) is 0 Å². The summed E-state index contributed by atoms with van der Waals surface area (Å²) in [7, 11) is 0. The number of rotatable bonds is 5. The monoisotopic (exact) mass is 439 g/mol. The normalized spacial score (nSPS) is 16.1. The van der Waals surface area contributed by atoms with Gasteiger partial charge in [-0.3, -0.25) is 10.1 Å². The van der Waals surface area contributed by atoms with Crippen molar-refractivity contribution in [3.63, 3.8) is 0 Å². The van der Waals surface area contributed by atoms with Gasteiger partial charge in [-0.05, 0) is 45.2 Å². The maximum atomic E-state index is 13.3. The second-order valence-electron chi connectivity index (χ2n) is 8.22. The van der Waals surface area contributed by atoms with E-state index in [9.17, 15) is 14.4 Å². The van der Waals surface area contributed by atoms with E-state index in [4.69, 9.17) is 16.3 Å². The van der Waals surface area contributed by atoms with Crippen molar-refractivity contribution in [1.29, 1.82) is 0 Å². The second kappa shape index (κ2) is 9.97. The van der Waals surface area contributed by atoms with Crippen molar-refractivity contribution in [2.45, 2.75) is 59.1 Å². The van der Waals surface area contributed by atoms with Gasteiger partial charge in [0, 0.05) is 13.1 Å². The number of alkyl carbamates (subject to hydrolysis) is 1. The predicted molar refractivity (Wildman–Crippen MR) is 114 cm³/mol. The van der Waals surface area contributed by atoms with Crippen molar-refractivity contribution in [3.05, 3.63) is 23.4 Å². The van der Waals surface area contributed by atoms with Gasteiger partial charge < -0.3 is 10.1 Å². The first-order chi connectivity index (χ1) is 14.0. The van der Waals surface area contributed by atoms with Crippen LogP contribution in [0.5, 0.6) is 0 Å². The van der Waals surface area contributed by atoms with Gasteiger partial charge in [-0.15, -0.1) is 0 Å². The van der Waals surface area contributed by atoms with Crippen LogP contribution in [-0.2, 0) is 9.53 Å². The number of nitrogens with one attached hydrogen (secondary N) is 2. The minimum atomic E-state index is -0.817. The molecule has 0 bridgehead atoms. The van der Waals surface area contributed by atoms with Gasteiger partial charge in [0.1, 0.15) is 22.6 Å². The molecule has 0 aliphatic carbocycles. The summed E-state index contributed by atoms with van der Waals surface area (Å²) in [6.45, 7) is 9.81. The highest BCUT2D eigenvalue weighted by Gasteiger charge is 2.38. The van der Waals surface area contributed by atoms with Gasteiger partial charge in [-0.25, -0.2) is 24.6 Å². The largest absolute Gasteiger partial charge is 0.444 e. The first kappa shape index (κ1) is 23.7. The molecule has 4 amide bonds. The third-order valence-corrected chi connectivity index (χ3v) is 4.83. The molecule has 0 spiro atoms. The number of carbonyl (C=O) groups excluding carboxylic acids is 3. The fourth-order valence-electron chi connectivity index (χ4n) is 2.98. The van der Waals surface area contributed by atoms with Crippen LogP contribution >= 0.6 is 11.6 Å². The fourth-order valence-corrected chi connectivity index (χ4v) is 3.15. The Kier molecular flexibility index (Phi) is 7.89. The van der Waals surface area contributed by atoms with Crippen LogP contribution in [0.1, 0.15) is 47.5 Å². The summed E-state index contributed by atoms with van der Waals surface area (Å²) < 4.78 is 5.31. The topological polar surface area (TPSA) is 104 Å². The summed E-state index contributed by atoms with van der Waals surface area (Å²) in [5.41, 5.74) is -0.684. The van der Waals surface area contributed by atoms with Crippen molar-refractivity contribution < 1.29 is 19.1 Å². The molecule has 10 heteroatoms. The van der Waals surface area contributed by atoms with Crippen molar-refractivity contribution in [2.24, 2.45) is 5.92 Å².